The second-order valence-corrected chi connectivity index (χ2v) is 6.40. The number of hydrogen-bond acceptors (Lipinski definition) is 7. The molecule has 0 unspecified atom stereocenters. The number of nitrogens with one attached hydrogen (secondary N) is 1. The zero-order valence-electron chi connectivity index (χ0n) is 15.0. The Balaban J connectivity index is 0.000000758. The third-order valence-electron chi connectivity index (χ3n) is 4.49. The molecule has 0 aliphatic carbocycles. The van der Waals surface area contributed by atoms with E-state index in [-0.39, 0.29) is 35.7 Å². The zero-order chi connectivity index (χ0) is 19.1. The molecule has 9 nitrogen and oxygen atoms in total. The fourth-order valence-corrected chi connectivity index (χ4v) is 3.15. The van der Waals surface area contributed by atoms with Crippen LogP contribution in [0.4, 0.5) is 0 Å². The molecular weight excluding hydrogens is 342 g/mol. The molecule has 0 saturated carbocycles. The van der Waals surface area contributed by atoms with E-state index >= 15 is 0 Å². The molecule has 0 aromatic carbocycles. The van der Waals surface area contributed by atoms with Gasteiger partial charge in [0.1, 0.15) is 5.76 Å². The summed E-state index contributed by atoms with van der Waals surface area (Å²) >= 11 is 0. The largest absolute Gasteiger partial charge is 0.483 e. The summed E-state index contributed by atoms with van der Waals surface area (Å²) in [5.41, 5.74) is -0.225. The summed E-state index contributed by atoms with van der Waals surface area (Å²) in [6.45, 7) is 6.48. The molecular formula is C17H25N3O6. The first-order valence-corrected chi connectivity index (χ1v) is 8.45. The van der Waals surface area contributed by atoms with Gasteiger partial charge < -0.3 is 24.5 Å². The zero-order valence-corrected chi connectivity index (χ0v) is 15.0. The highest BCUT2D eigenvalue weighted by atomic mass is 16.5. The van der Waals surface area contributed by atoms with E-state index < -0.39 is 0 Å². The molecule has 2 saturated heterocycles. The van der Waals surface area contributed by atoms with Crippen LogP contribution in [0.1, 0.15) is 16.3 Å². The summed E-state index contributed by atoms with van der Waals surface area (Å²) in [5.74, 6) is 0.125. The predicted octanol–water partition coefficient (Wildman–Crippen LogP) is -0.606. The number of amides is 1. The maximum Gasteiger partial charge on any atom is 0.290 e. The molecule has 2 aliphatic heterocycles. The first-order valence-electron chi connectivity index (χ1n) is 8.45. The molecule has 2 aliphatic rings. The van der Waals surface area contributed by atoms with Crippen LogP contribution in [-0.2, 0) is 9.53 Å². The molecule has 26 heavy (non-hydrogen) atoms. The van der Waals surface area contributed by atoms with Gasteiger partial charge in [0.25, 0.3) is 12.4 Å². The van der Waals surface area contributed by atoms with Crippen LogP contribution in [0.3, 0.4) is 0 Å². The average Bonchev–Trinajstić information content (AvgIpc) is 3.03. The Morgan fingerprint density at radius 2 is 1.92 bits per heavy atom. The third-order valence-corrected chi connectivity index (χ3v) is 4.49. The Kier molecular flexibility index (Phi) is 7.31. The second kappa shape index (κ2) is 9.46. The number of carboxylic acid groups (broad SMARTS) is 1. The van der Waals surface area contributed by atoms with Crippen LogP contribution in [0, 0.1) is 6.92 Å². The van der Waals surface area contributed by atoms with Crippen LogP contribution in [0.2, 0.25) is 0 Å². The maximum absolute atomic E-state index is 12.4. The van der Waals surface area contributed by atoms with Crippen molar-refractivity contribution in [3.05, 3.63) is 33.9 Å². The van der Waals surface area contributed by atoms with Crippen molar-refractivity contribution < 1.29 is 23.8 Å². The van der Waals surface area contributed by atoms with Gasteiger partial charge in [0.05, 0.1) is 25.3 Å². The first-order chi connectivity index (χ1) is 12.4. The summed E-state index contributed by atoms with van der Waals surface area (Å²) in [4.78, 5) is 36.9. The summed E-state index contributed by atoms with van der Waals surface area (Å²) in [6.07, 6.45) is 0. The molecule has 0 spiro atoms. The lowest BCUT2D eigenvalue weighted by Crippen LogP contribution is -2.56. The van der Waals surface area contributed by atoms with Gasteiger partial charge in [-0.3, -0.25) is 19.3 Å². The lowest BCUT2D eigenvalue weighted by atomic mass is 10.1. The Bertz CT molecular complexity index is 669. The third kappa shape index (κ3) is 5.38. The highest BCUT2D eigenvalue weighted by Crippen LogP contribution is 2.16. The van der Waals surface area contributed by atoms with Crippen LogP contribution in [0.5, 0.6) is 0 Å². The maximum atomic E-state index is 12.4. The van der Waals surface area contributed by atoms with Crippen LogP contribution in [0.15, 0.2) is 21.3 Å². The molecule has 2 atom stereocenters. The number of carbonyl (C=O) groups excluding carboxylic acids is 1. The molecule has 1 amide bonds. The standard InChI is InChI=1S/C16H23N3O4.CH2O2/c1-11-7-12(20)8-15(23-11)16(21)17-13-9-22-10-14(13)19-5-3-18(2)4-6-19;2-1-3/h7-8,13-14H,3-6,9-10H2,1-2H3,(H,17,21);1H,(H,2,3)/t13-,14-;/m0./s1. The van der Waals surface area contributed by atoms with E-state index in [9.17, 15) is 9.59 Å². The number of likely N-dealkylation sites (N-methyl/N-ethyl adjacent to an activating group) is 1. The van der Waals surface area contributed by atoms with Gasteiger partial charge in [-0.15, -0.1) is 0 Å². The highest BCUT2D eigenvalue weighted by Gasteiger charge is 2.35. The molecule has 1 aromatic heterocycles. The lowest BCUT2D eigenvalue weighted by Gasteiger charge is -2.37. The van der Waals surface area contributed by atoms with Gasteiger partial charge in [0, 0.05) is 38.3 Å². The SMILES string of the molecule is Cc1cc(=O)cc(C(=O)N[C@H]2COC[C@@H]2N2CCN(C)CC2)o1.O=CO. The minimum absolute atomic E-state index is 0.0547. The van der Waals surface area contributed by atoms with Gasteiger partial charge in [0.2, 0.25) is 0 Å². The van der Waals surface area contributed by atoms with Crippen molar-refractivity contribution in [2.75, 3.05) is 46.4 Å². The van der Waals surface area contributed by atoms with Gasteiger partial charge in [-0.25, -0.2) is 0 Å². The fourth-order valence-electron chi connectivity index (χ4n) is 3.15. The van der Waals surface area contributed by atoms with E-state index in [1.807, 2.05) is 0 Å². The van der Waals surface area contributed by atoms with E-state index in [0.717, 1.165) is 26.2 Å². The molecule has 2 N–H and O–H groups in total. The molecule has 9 heteroatoms. The van der Waals surface area contributed by atoms with Gasteiger partial charge >= 0.3 is 0 Å². The van der Waals surface area contributed by atoms with Gasteiger partial charge in [-0.2, -0.15) is 0 Å². The summed E-state index contributed by atoms with van der Waals surface area (Å²) in [5, 5.41) is 9.85. The number of carbonyl (C=O) groups is 2. The Morgan fingerprint density at radius 1 is 1.27 bits per heavy atom. The van der Waals surface area contributed by atoms with Gasteiger partial charge in [-0.05, 0) is 14.0 Å². The number of piperazine rings is 1. The summed E-state index contributed by atoms with van der Waals surface area (Å²) < 4.78 is 10.9. The number of rotatable bonds is 3. The van der Waals surface area contributed by atoms with Crippen molar-refractivity contribution in [3.63, 3.8) is 0 Å². The van der Waals surface area contributed by atoms with Crippen LogP contribution < -0.4 is 10.7 Å². The number of nitrogens with zero attached hydrogens (tertiary/aromatic N) is 2. The lowest BCUT2D eigenvalue weighted by molar-refractivity contribution is -0.122. The van der Waals surface area contributed by atoms with Crippen molar-refractivity contribution >= 4 is 12.4 Å². The quantitative estimate of drug-likeness (QED) is 0.681. The second-order valence-electron chi connectivity index (χ2n) is 6.40. The Labute approximate surface area is 151 Å². The van der Waals surface area contributed by atoms with E-state index in [4.69, 9.17) is 19.1 Å². The molecule has 144 valence electrons. The molecule has 2 fully saturated rings. The normalized spacial score (nSPS) is 23.8. The number of hydrogen-bond donors (Lipinski definition) is 2. The number of ether oxygens (including phenoxy) is 1. The summed E-state index contributed by atoms with van der Waals surface area (Å²) in [7, 11) is 2.11. The van der Waals surface area contributed by atoms with E-state index in [2.05, 4.69) is 22.2 Å². The Hall–Kier alpha value is -2.23. The molecule has 3 heterocycles. The smallest absolute Gasteiger partial charge is 0.290 e. The average molecular weight is 367 g/mol. The minimum Gasteiger partial charge on any atom is -0.483 e. The van der Waals surface area contributed by atoms with E-state index in [0.29, 0.717) is 19.0 Å². The van der Waals surface area contributed by atoms with E-state index in [1.54, 1.807) is 6.92 Å². The molecule has 0 radical (unpaired) electrons. The minimum atomic E-state index is -0.361. The first kappa shape index (κ1) is 20.1. The van der Waals surface area contributed by atoms with Crippen molar-refractivity contribution in [3.8, 4) is 0 Å². The van der Waals surface area contributed by atoms with Crippen LogP contribution in [-0.4, -0.2) is 85.8 Å². The van der Waals surface area contributed by atoms with Crippen LogP contribution >= 0.6 is 0 Å². The summed E-state index contributed by atoms with van der Waals surface area (Å²) in [6, 6.07) is 2.67. The molecule has 1 aromatic rings. The van der Waals surface area contributed by atoms with Crippen molar-refractivity contribution in [1.29, 1.82) is 0 Å². The van der Waals surface area contributed by atoms with Crippen LogP contribution in [0.25, 0.3) is 0 Å². The molecule has 3 rings (SSSR count). The predicted molar refractivity (Wildman–Crippen MR) is 93.3 cm³/mol. The van der Waals surface area contributed by atoms with Crippen molar-refractivity contribution in [2.24, 2.45) is 0 Å². The fraction of sp³-hybridized carbons (Fsp3) is 0.588. The Morgan fingerprint density at radius 3 is 2.54 bits per heavy atom. The van der Waals surface area contributed by atoms with Gasteiger partial charge in [-0.1, -0.05) is 0 Å². The topological polar surface area (TPSA) is 112 Å². The van der Waals surface area contributed by atoms with E-state index in [1.165, 1.54) is 12.1 Å². The van der Waals surface area contributed by atoms with Crippen molar-refractivity contribution in [2.45, 2.75) is 19.0 Å². The number of aryl methyl sites for hydroxylation is 1. The van der Waals surface area contributed by atoms with Crippen molar-refractivity contribution in [1.82, 2.24) is 15.1 Å². The molecule has 0 bridgehead atoms. The highest BCUT2D eigenvalue weighted by molar-refractivity contribution is 5.91. The monoisotopic (exact) mass is 367 g/mol. The van der Waals surface area contributed by atoms with Gasteiger partial charge in [0.15, 0.2) is 11.2 Å².